The van der Waals surface area contributed by atoms with Crippen molar-refractivity contribution in [2.45, 2.75) is 26.4 Å². The van der Waals surface area contributed by atoms with Crippen molar-refractivity contribution in [2.75, 3.05) is 19.1 Å². The van der Waals surface area contributed by atoms with Gasteiger partial charge < -0.3 is 19.1 Å². The minimum absolute atomic E-state index is 0.199. The topological polar surface area (TPSA) is 30.9 Å². The van der Waals surface area contributed by atoms with E-state index in [1.54, 1.807) is 14.2 Å². The molecule has 3 aromatic carbocycles. The van der Waals surface area contributed by atoms with Crippen LogP contribution in [0.3, 0.4) is 0 Å². The normalized spacial score (nSPS) is 11.6. The maximum absolute atomic E-state index is 5.92. The number of ether oxygens (including phenoxy) is 3. The van der Waals surface area contributed by atoms with Gasteiger partial charge in [-0.1, -0.05) is 6.92 Å². The van der Waals surface area contributed by atoms with Crippen LogP contribution in [-0.2, 0) is 0 Å². The fourth-order valence-corrected chi connectivity index (χ4v) is 2.90. The zero-order valence-electron chi connectivity index (χ0n) is 16.9. The minimum atomic E-state index is 0.199. The van der Waals surface area contributed by atoms with Crippen LogP contribution in [0.25, 0.3) is 0 Å². The van der Waals surface area contributed by atoms with Crippen LogP contribution in [0.2, 0.25) is 0 Å². The molecule has 0 heterocycles. The van der Waals surface area contributed by atoms with E-state index in [1.807, 2.05) is 60.7 Å². The van der Waals surface area contributed by atoms with Crippen molar-refractivity contribution >= 4 is 17.1 Å². The third kappa shape index (κ3) is 4.58. The predicted molar refractivity (Wildman–Crippen MR) is 115 cm³/mol. The first-order chi connectivity index (χ1) is 13.6. The van der Waals surface area contributed by atoms with Gasteiger partial charge >= 0.3 is 0 Å². The zero-order valence-corrected chi connectivity index (χ0v) is 16.9. The lowest BCUT2D eigenvalue weighted by Gasteiger charge is -2.26. The maximum atomic E-state index is 5.92. The molecule has 0 radical (unpaired) electrons. The van der Waals surface area contributed by atoms with Gasteiger partial charge in [-0.25, -0.2) is 0 Å². The molecule has 3 rings (SSSR count). The lowest BCUT2D eigenvalue weighted by Crippen LogP contribution is -2.11. The Kier molecular flexibility index (Phi) is 6.43. The molecular formula is C24H27NO3. The first kappa shape index (κ1) is 19.6. The van der Waals surface area contributed by atoms with Crippen molar-refractivity contribution in [1.82, 2.24) is 0 Å². The third-order valence-corrected chi connectivity index (χ3v) is 4.67. The van der Waals surface area contributed by atoms with Gasteiger partial charge in [-0.3, -0.25) is 0 Å². The molecule has 1 unspecified atom stereocenters. The van der Waals surface area contributed by atoms with Crippen LogP contribution < -0.4 is 19.1 Å². The quantitative estimate of drug-likeness (QED) is 0.457. The van der Waals surface area contributed by atoms with Gasteiger partial charge in [0.15, 0.2) is 0 Å². The SMILES string of the molecule is CCC(C)Oc1ccc(N(c2ccc(OC)cc2)c2ccc(OC)cc2)cc1. The minimum Gasteiger partial charge on any atom is -0.497 e. The van der Waals surface area contributed by atoms with E-state index in [0.717, 1.165) is 40.7 Å². The van der Waals surface area contributed by atoms with Crippen LogP contribution in [0.4, 0.5) is 17.1 Å². The van der Waals surface area contributed by atoms with E-state index in [4.69, 9.17) is 14.2 Å². The van der Waals surface area contributed by atoms with E-state index in [-0.39, 0.29) is 6.10 Å². The summed E-state index contributed by atoms with van der Waals surface area (Å²) in [6.07, 6.45) is 1.18. The summed E-state index contributed by atoms with van der Waals surface area (Å²) in [5.41, 5.74) is 3.13. The van der Waals surface area contributed by atoms with Gasteiger partial charge in [0.25, 0.3) is 0 Å². The van der Waals surface area contributed by atoms with E-state index in [1.165, 1.54) is 0 Å². The molecule has 0 spiro atoms. The van der Waals surface area contributed by atoms with E-state index >= 15 is 0 Å². The zero-order chi connectivity index (χ0) is 19.9. The molecule has 0 amide bonds. The van der Waals surface area contributed by atoms with Crippen molar-refractivity contribution in [3.05, 3.63) is 72.8 Å². The number of hydrogen-bond donors (Lipinski definition) is 0. The smallest absolute Gasteiger partial charge is 0.119 e. The van der Waals surface area contributed by atoms with Gasteiger partial charge in [-0.05, 0) is 86.1 Å². The summed E-state index contributed by atoms with van der Waals surface area (Å²) in [6, 6.07) is 24.2. The van der Waals surface area contributed by atoms with Gasteiger partial charge in [-0.15, -0.1) is 0 Å². The van der Waals surface area contributed by atoms with E-state index in [9.17, 15) is 0 Å². The van der Waals surface area contributed by atoms with Crippen LogP contribution in [0.5, 0.6) is 17.2 Å². The van der Waals surface area contributed by atoms with Crippen molar-refractivity contribution in [3.8, 4) is 17.2 Å². The highest BCUT2D eigenvalue weighted by atomic mass is 16.5. The van der Waals surface area contributed by atoms with Gasteiger partial charge in [0.1, 0.15) is 17.2 Å². The van der Waals surface area contributed by atoms with Crippen LogP contribution in [-0.4, -0.2) is 20.3 Å². The molecule has 1 atom stereocenters. The number of rotatable bonds is 8. The molecule has 4 heteroatoms. The maximum Gasteiger partial charge on any atom is 0.119 e. The van der Waals surface area contributed by atoms with Gasteiger partial charge in [0.05, 0.1) is 20.3 Å². The summed E-state index contributed by atoms with van der Waals surface area (Å²) in [7, 11) is 3.35. The summed E-state index contributed by atoms with van der Waals surface area (Å²) < 4.78 is 16.5. The Balaban J connectivity index is 1.97. The van der Waals surface area contributed by atoms with Gasteiger partial charge in [0, 0.05) is 17.1 Å². The Morgan fingerprint density at radius 3 is 1.32 bits per heavy atom. The van der Waals surface area contributed by atoms with E-state index < -0.39 is 0 Å². The van der Waals surface area contributed by atoms with E-state index in [2.05, 4.69) is 30.9 Å². The lowest BCUT2D eigenvalue weighted by atomic mass is 10.2. The number of methoxy groups -OCH3 is 2. The molecule has 0 bridgehead atoms. The largest absolute Gasteiger partial charge is 0.497 e. The number of anilines is 3. The van der Waals surface area contributed by atoms with Crippen LogP contribution in [0.1, 0.15) is 20.3 Å². The molecule has 0 aliphatic heterocycles. The predicted octanol–water partition coefficient (Wildman–Crippen LogP) is 6.35. The molecule has 0 N–H and O–H groups in total. The molecule has 0 fully saturated rings. The summed E-state index contributed by atoms with van der Waals surface area (Å²) in [5.74, 6) is 2.54. The summed E-state index contributed by atoms with van der Waals surface area (Å²) in [6.45, 7) is 4.20. The molecule has 0 aliphatic rings. The molecule has 0 saturated carbocycles. The Labute approximate surface area is 167 Å². The molecule has 0 aliphatic carbocycles. The van der Waals surface area contributed by atoms with Crippen LogP contribution in [0.15, 0.2) is 72.8 Å². The highest BCUT2D eigenvalue weighted by Gasteiger charge is 2.13. The molecular weight excluding hydrogens is 350 g/mol. The third-order valence-electron chi connectivity index (χ3n) is 4.67. The van der Waals surface area contributed by atoms with Crippen LogP contribution >= 0.6 is 0 Å². The highest BCUT2D eigenvalue weighted by Crippen LogP contribution is 2.36. The van der Waals surface area contributed by atoms with Gasteiger partial charge in [-0.2, -0.15) is 0 Å². The number of benzene rings is 3. The Hall–Kier alpha value is -3.14. The Morgan fingerprint density at radius 2 is 1.00 bits per heavy atom. The fraction of sp³-hybridized carbons (Fsp3) is 0.250. The summed E-state index contributed by atoms with van der Waals surface area (Å²) in [5, 5.41) is 0. The second-order valence-corrected chi connectivity index (χ2v) is 6.56. The molecule has 146 valence electrons. The summed E-state index contributed by atoms with van der Waals surface area (Å²) in [4.78, 5) is 2.19. The Bertz CT molecular complexity index is 810. The average Bonchev–Trinajstić information content (AvgIpc) is 2.76. The standard InChI is InChI=1S/C24H27NO3/c1-5-18(2)28-24-16-10-21(11-17-24)25(19-6-12-22(26-3)13-7-19)20-8-14-23(27-4)15-9-20/h6-18H,5H2,1-4H3. The monoisotopic (exact) mass is 377 g/mol. The van der Waals surface area contributed by atoms with Crippen molar-refractivity contribution in [2.24, 2.45) is 0 Å². The Morgan fingerprint density at radius 1 is 0.643 bits per heavy atom. The molecule has 0 aromatic heterocycles. The molecule has 0 saturated heterocycles. The van der Waals surface area contributed by atoms with E-state index in [0.29, 0.717) is 0 Å². The van der Waals surface area contributed by atoms with Crippen molar-refractivity contribution in [1.29, 1.82) is 0 Å². The highest BCUT2D eigenvalue weighted by molar-refractivity contribution is 5.77. The summed E-state index contributed by atoms with van der Waals surface area (Å²) >= 11 is 0. The molecule has 3 aromatic rings. The lowest BCUT2D eigenvalue weighted by molar-refractivity contribution is 0.217. The second kappa shape index (κ2) is 9.18. The molecule has 28 heavy (non-hydrogen) atoms. The first-order valence-corrected chi connectivity index (χ1v) is 9.49. The van der Waals surface area contributed by atoms with Crippen LogP contribution in [0, 0.1) is 0 Å². The number of nitrogens with zero attached hydrogens (tertiary/aromatic N) is 1. The fourth-order valence-electron chi connectivity index (χ4n) is 2.90. The van der Waals surface area contributed by atoms with Gasteiger partial charge in [0.2, 0.25) is 0 Å². The van der Waals surface area contributed by atoms with Crippen molar-refractivity contribution < 1.29 is 14.2 Å². The second-order valence-electron chi connectivity index (χ2n) is 6.56. The molecule has 4 nitrogen and oxygen atoms in total. The average molecular weight is 377 g/mol. The number of hydrogen-bond acceptors (Lipinski definition) is 4. The first-order valence-electron chi connectivity index (χ1n) is 9.49. The van der Waals surface area contributed by atoms with Crippen molar-refractivity contribution in [3.63, 3.8) is 0 Å².